The van der Waals surface area contributed by atoms with Gasteiger partial charge in [-0.25, -0.2) is 4.98 Å². The van der Waals surface area contributed by atoms with E-state index in [9.17, 15) is 14.7 Å². The lowest BCUT2D eigenvalue weighted by atomic mass is 9.95. The molecule has 4 rings (SSSR count). The molecule has 1 atom stereocenters. The van der Waals surface area contributed by atoms with E-state index in [-0.39, 0.29) is 18.9 Å². The van der Waals surface area contributed by atoms with E-state index >= 15 is 0 Å². The van der Waals surface area contributed by atoms with Crippen LogP contribution < -0.4 is 5.32 Å². The van der Waals surface area contributed by atoms with Crippen LogP contribution in [0.3, 0.4) is 0 Å². The molecule has 0 bridgehead atoms. The maximum atomic E-state index is 12.8. The standard InChI is InChI=1S/C27H23ClN2O3S/c28-21-10-6-9-19(14-21)22-11-4-5-12-23(22)24-17-34-25(30-24)16-29-27(33)20(15-26(31)32)13-18-7-2-1-3-8-18/h1-12,14,17,20H,13,15-16H2,(H,29,33)(H,31,32)/t20-/m1/s1. The molecule has 0 unspecified atom stereocenters. The molecular weight excluding hydrogens is 468 g/mol. The molecule has 1 amide bonds. The highest BCUT2D eigenvalue weighted by atomic mass is 35.5. The van der Waals surface area contributed by atoms with Crippen molar-refractivity contribution in [3.8, 4) is 22.4 Å². The third kappa shape index (κ3) is 6.10. The van der Waals surface area contributed by atoms with Crippen molar-refractivity contribution in [1.29, 1.82) is 0 Å². The van der Waals surface area contributed by atoms with Gasteiger partial charge < -0.3 is 10.4 Å². The summed E-state index contributed by atoms with van der Waals surface area (Å²) >= 11 is 7.64. The Hall–Kier alpha value is -3.48. The molecule has 172 valence electrons. The first-order valence-electron chi connectivity index (χ1n) is 10.8. The largest absolute Gasteiger partial charge is 0.481 e. The number of aliphatic carboxylic acids is 1. The maximum absolute atomic E-state index is 12.8. The van der Waals surface area contributed by atoms with Gasteiger partial charge in [-0.2, -0.15) is 0 Å². The lowest BCUT2D eigenvalue weighted by molar-refractivity contribution is -0.141. The van der Waals surface area contributed by atoms with Crippen molar-refractivity contribution in [3.63, 3.8) is 0 Å². The minimum Gasteiger partial charge on any atom is -0.481 e. The van der Waals surface area contributed by atoms with E-state index in [1.54, 1.807) is 0 Å². The Balaban J connectivity index is 1.47. The first-order valence-corrected chi connectivity index (χ1v) is 12.1. The van der Waals surface area contributed by atoms with Crippen molar-refractivity contribution in [3.05, 3.63) is 99.8 Å². The first kappa shape index (κ1) is 23.7. The lowest BCUT2D eigenvalue weighted by Gasteiger charge is -2.14. The number of rotatable bonds is 9. The van der Waals surface area contributed by atoms with Gasteiger partial charge in [0, 0.05) is 16.0 Å². The Morgan fingerprint density at radius 1 is 0.971 bits per heavy atom. The number of nitrogens with one attached hydrogen (secondary N) is 1. The lowest BCUT2D eigenvalue weighted by Crippen LogP contribution is -2.33. The second-order valence-electron chi connectivity index (χ2n) is 7.88. The summed E-state index contributed by atoms with van der Waals surface area (Å²) in [4.78, 5) is 28.8. The molecule has 2 N–H and O–H groups in total. The first-order chi connectivity index (χ1) is 16.5. The number of hydrogen-bond donors (Lipinski definition) is 2. The Labute approximate surface area is 207 Å². The van der Waals surface area contributed by atoms with Crippen LogP contribution in [-0.2, 0) is 22.6 Å². The zero-order chi connectivity index (χ0) is 23.9. The van der Waals surface area contributed by atoms with E-state index < -0.39 is 11.9 Å². The van der Waals surface area contributed by atoms with Gasteiger partial charge in [-0.05, 0) is 35.2 Å². The highest BCUT2D eigenvalue weighted by Crippen LogP contribution is 2.33. The molecule has 5 nitrogen and oxygen atoms in total. The van der Waals surface area contributed by atoms with Gasteiger partial charge in [-0.1, -0.05) is 78.3 Å². The normalized spacial score (nSPS) is 11.7. The topological polar surface area (TPSA) is 79.3 Å². The predicted octanol–water partition coefficient (Wildman–Crippen LogP) is 6.08. The number of halogens is 1. The molecule has 1 aromatic heterocycles. The predicted molar refractivity (Wildman–Crippen MR) is 136 cm³/mol. The molecule has 3 aromatic carbocycles. The second-order valence-corrected chi connectivity index (χ2v) is 9.26. The fourth-order valence-electron chi connectivity index (χ4n) is 3.80. The summed E-state index contributed by atoms with van der Waals surface area (Å²) in [6.07, 6.45) is 0.145. The molecule has 0 saturated heterocycles. The molecule has 0 aliphatic rings. The molecule has 7 heteroatoms. The fraction of sp³-hybridized carbons (Fsp3) is 0.148. The molecule has 1 heterocycles. The van der Waals surface area contributed by atoms with Crippen molar-refractivity contribution in [2.24, 2.45) is 5.92 Å². The summed E-state index contributed by atoms with van der Waals surface area (Å²) in [6, 6.07) is 25.1. The van der Waals surface area contributed by atoms with Crippen molar-refractivity contribution in [2.75, 3.05) is 0 Å². The van der Waals surface area contributed by atoms with Crippen LogP contribution in [0.2, 0.25) is 5.02 Å². The monoisotopic (exact) mass is 490 g/mol. The molecule has 0 aliphatic carbocycles. The Bertz CT molecular complexity index is 1290. The molecular formula is C27H23ClN2O3S. The number of nitrogens with zero attached hydrogens (tertiary/aromatic N) is 1. The number of amides is 1. The number of carboxylic acids is 1. The van der Waals surface area contributed by atoms with Gasteiger partial charge in [0.1, 0.15) is 5.01 Å². The van der Waals surface area contributed by atoms with Crippen molar-refractivity contribution < 1.29 is 14.7 Å². The van der Waals surface area contributed by atoms with Crippen LogP contribution in [0.25, 0.3) is 22.4 Å². The third-order valence-corrected chi connectivity index (χ3v) is 6.50. The quantitative estimate of drug-likeness (QED) is 0.298. The number of carboxylic acid groups (broad SMARTS) is 1. The zero-order valence-electron chi connectivity index (χ0n) is 18.3. The smallest absolute Gasteiger partial charge is 0.304 e. The van der Waals surface area contributed by atoms with E-state index in [1.165, 1.54) is 11.3 Å². The summed E-state index contributed by atoms with van der Waals surface area (Å²) < 4.78 is 0. The van der Waals surface area contributed by atoms with Crippen molar-refractivity contribution >= 4 is 34.8 Å². The molecule has 0 spiro atoms. The van der Waals surface area contributed by atoms with Crippen molar-refractivity contribution in [2.45, 2.75) is 19.4 Å². The van der Waals surface area contributed by atoms with Gasteiger partial charge >= 0.3 is 5.97 Å². The molecule has 0 aliphatic heterocycles. The van der Waals surface area contributed by atoms with Crippen LogP contribution in [0.15, 0.2) is 84.2 Å². The summed E-state index contributed by atoms with van der Waals surface area (Å²) in [5.41, 5.74) is 4.75. The Morgan fingerprint density at radius 3 is 2.44 bits per heavy atom. The number of carbonyl (C=O) groups excluding carboxylic acids is 1. The fourth-order valence-corrected chi connectivity index (χ4v) is 4.73. The van der Waals surface area contributed by atoms with Crippen molar-refractivity contribution in [1.82, 2.24) is 10.3 Å². The van der Waals surface area contributed by atoms with Crippen LogP contribution >= 0.6 is 22.9 Å². The van der Waals surface area contributed by atoms with Crippen LogP contribution in [0, 0.1) is 5.92 Å². The van der Waals surface area contributed by atoms with Gasteiger partial charge in [-0.15, -0.1) is 11.3 Å². The number of aromatic nitrogens is 1. The number of thiazole rings is 1. The van der Waals surface area contributed by atoms with E-state index in [2.05, 4.69) is 5.32 Å². The minimum atomic E-state index is -0.995. The number of carbonyl (C=O) groups is 2. The van der Waals surface area contributed by atoms with E-state index in [1.807, 2.05) is 84.2 Å². The van der Waals surface area contributed by atoms with Crippen LogP contribution in [-0.4, -0.2) is 22.0 Å². The maximum Gasteiger partial charge on any atom is 0.304 e. The highest BCUT2D eigenvalue weighted by molar-refractivity contribution is 7.09. The third-order valence-electron chi connectivity index (χ3n) is 5.42. The summed E-state index contributed by atoms with van der Waals surface area (Å²) in [6.45, 7) is 0.244. The summed E-state index contributed by atoms with van der Waals surface area (Å²) in [5.74, 6) is -1.93. The average Bonchev–Trinajstić information content (AvgIpc) is 3.31. The van der Waals surface area contributed by atoms with Crippen LogP contribution in [0.1, 0.15) is 17.0 Å². The second kappa shape index (κ2) is 11.1. The molecule has 0 saturated carbocycles. The zero-order valence-corrected chi connectivity index (χ0v) is 19.9. The molecule has 34 heavy (non-hydrogen) atoms. The van der Waals surface area contributed by atoms with E-state index in [4.69, 9.17) is 16.6 Å². The van der Waals surface area contributed by atoms with Gasteiger partial charge in [-0.3, -0.25) is 9.59 Å². The van der Waals surface area contributed by atoms with Gasteiger partial charge in [0.25, 0.3) is 0 Å². The van der Waals surface area contributed by atoms with Gasteiger partial charge in [0.15, 0.2) is 0 Å². The number of benzene rings is 3. The van der Waals surface area contributed by atoms with Crippen LogP contribution in [0.4, 0.5) is 0 Å². The van der Waals surface area contributed by atoms with Gasteiger partial charge in [0.2, 0.25) is 5.91 Å². The highest BCUT2D eigenvalue weighted by Gasteiger charge is 2.22. The van der Waals surface area contributed by atoms with Gasteiger partial charge in [0.05, 0.1) is 24.6 Å². The average molecular weight is 491 g/mol. The summed E-state index contributed by atoms with van der Waals surface area (Å²) in [7, 11) is 0. The van der Waals surface area contributed by atoms with E-state index in [0.29, 0.717) is 11.4 Å². The Kier molecular flexibility index (Phi) is 7.72. The van der Waals surface area contributed by atoms with E-state index in [0.717, 1.165) is 33.0 Å². The molecule has 4 aromatic rings. The summed E-state index contributed by atoms with van der Waals surface area (Å²) in [5, 5.41) is 15.5. The Morgan fingerprint density at radius 2 is 1.71 bits per heavy atom. The molecule has 0 radical (unpaired) electrons. The SMILES string of the molecule is O=C(O)C[C@@H](Cc1ccccc1)C(=O)NCc1nc(-c2ccccc2-c2cccc(Cl)c2)cs1. The number of hydrogen-bond acceptors (Lipinski definition) is 4. The molecule has 0 fully saturated rings. The minimum absolute atomic E-state index is 0.225. The van der Waals surface area contributed by atoms with Crippen LogP contribution in [0.5, 0.6) is 0 Å².